The zero-order chi connectivity index (χ0) is 17.4. The molecule has 3 rings (SSSR count). The van der Waals surface area contributed by atoms with Crippen LogP contribution >= 0.6 is 11.6 Å². The van der Waals surface area contributed by atoms with Crippen LogP contribution in [-0.2, 0) is 21.1 Å². The van der Waals surface area contributed by atoms with Crippen molar-refractivity contribution in [2.45, 2.75) is 35.8 Å². The molecule has 0 aliphatic heterocycles. The van der Waals surface area contributed by atoms with E-state index in [1.807, 2.05) is 25.1 Å². The van der Waals surface area contributed by atoms with Crippen molar-refractivity contribution < 1.29 is 13.2 Å². The summed E-state index contributed by atoms with van der Waals surface area (Å²) >= 11 is 5.82. The number of para-hydroxylation sites is 1. The van der Waals surface area contributed by atoms with Gasteiger partial charge in [-0.25, -0.2) is 8.42 Å². The Morgan fingerprint density at radius 2 is 1.75 bits per heavy atom. The molecule has 1 aliphatic carbocycles. The fourth-order valence-electron chi connectivity index (χ4n) is 2.76. The van der Waals surface area contributed by atoms with Crippen molar-refractivity contribution in [3.63, 3.8) is 0 Å². The number of amides is 1. The molecule has 1 fully saturated rings. The van der Waals surface area contributed by atoms with E-state index in [2.05, 4.69) is 5.32 Å². The lowest BCUT2D eigenvalue weighted by Crippen LogP contribution is -2.37. The van der Waals surface area contributed by atoms with Crippen molar-refractivity contribution in [3.8, 4) is 0 Å². The van der Waals surface area contributed by atoms with Crippen molar-refractivity contribution in [1.29, 1.82) is 0 Å². The van der Waals surface area contributed by atoms with E-state index >= 15 is 0 Å². The fourth-order valence-corrected chi connectivity index (χ4v) is 4.76. The molecule has 1 N–H and O–H groups in total. The Labute approximate surface area is 146 Å². The standard InChI is InChI=1S/C18H18ClNO3S/c1-2-13-5-3-4-6-16(13)20-17(21)18(11-12-18)24(22,23)15-9-7-14(19)8-10-15/h3-10H,2,11-12H2,1H3,(H,20,21). The van der Waals surface area contributed by atoms with Gasteiger partial charge in [0.15, 0.2) is 14.6 Å². The third-order valence-electron chi connectivity index (χ3n) is 4.40. The van der Waals surface area contributed by atoms with Crippen molar-refractivity contribution in [3.05, 3.63) is 59.1 Å². The summed E-state index contributed by atoms with van der Waals surface area (Å²) in [6.45, 7) is 1.99. The lowest BCUT2D eigenvalue weighted by atomic mass is 10.1. The van der Waals surface area contributed by atoms with Gasteiger partial charge in [0.1, 0.15) is 0 Å². The van der Waals surface area contributed by atoms with Crippen molar-refractivity contribution >= 4 is 33.0 Å². The van der Waals surface area contributed by atoms with Gasteiger partial charge in [-0.15, -0.1) is 0 Å². The maximum absolute atomic E-state index is 12.9. The molecule has 0 atom stereocenters. The zero-order valence-electron chi connectivity index (χ0n) is 13.3. The second-order valence-electron chi connectivity index (χ2n) is 5.92. The summed E-state index contributed by atoms with van der Waals surface area (Å²) in [6, 6.07) is 13.4. The number of rotatable bonds is 5. The lowest BCUT2D eigenvalue weighted by Gasteiger charge is -2.18. The highest BCUT2D eigenvalue weighted by atomic mass is 35.5. The van der Waals surface area contributed by atoms with Gasteiger partial charge in [-0.1, -0.05) is 36.7 Å². The molecule has 1 aliphatic rings. The Hall–Kier alpha value is -1.85. The smallest absolute Gasteiger partial charge is 0.246 e. The molecule has 2 aromatic rings. The molecule has 126 valence electrons. The molecule has 6 heteroatoms. The second-order valence-corrected chi connectivity index (χ2v) is 8.61. The molecule has 0 unspecified atom stereocenters. The molecule has 24 heavy (non-hydrogen) atoms. The van der Waals surface area contributed by atoms with E-state index in [1.165, 1.54) is 24.3 Å². The van der Waals surface area contributed by atoms with E-state index in [-0.39, 0.29) is 4.90 Å². The van der Waals surface area contributed by atoms with Gasteiger partial charge in [-0.3, -0.25) is 4.79 Å². The van der Waals surface area contributed by atoms with Crippen LogP contribution in [-0.4, -0.2) is 19.1 Å². The van der Waals surface area contributed by atoms with Crippen LogP contribution in [0.2, 0.25) is 5.02 Å². The average Bonchev–Trinajstić information content (AvgIpc) is 3.38. The number of nitrogens with one attached hydrogen (secondary N) is 1. The largest absolute Gasteiger partial charge is 0.324 e. The molecule has 4 nitrogen and oxygen atoms in total. The molecule has 1 saturated carbocycles. The molecule has 1 amide bonds. The number of sulfone groups is 1. The molecular weight excluding hydrogens is 346 g/mol. The van der Waals surface area contributed by atoms with Crippen LogP contribution < -0.4 is 5.32 Å². The molecule has 0 radical (unpaired) electrons. The van der Waals surface area contributed by atoms with Gasteiger partial charge in [-0.2, -0.15) is 0 Å². The highest BCUT2D eigenvalue weighted by molar-refractivity contribution is 7.94. The maximum Gasteiger partial charge on any atom is 0.246 e. The van der Waals surface area contributed by atoms with Gasteiger partial charge >= 0.3 is 0 Å². The first-order valence-corrected chi connectivity index (χ1v) is 9.66. The predicted molar refractivity (Wildman–Crippen MR) is 95.1 cm³/mol. The van der Waals surface area contributed by atoms with E-state index in [0.29, 0.717) is 23.6 Å². The van der Waals surface area contributed by atoms with Gasteiger partial charge in [-0.05, 0) is 55.2 Å². The minimum absolute atomic E-state index is 0.128. The predicted octanol–water partition coefficient (Wildman–Crippen LogP) is 3.85. The summed E-state index contributed by atoms with van der Waals surface area (Å²) in [5.41, 5.74) is 1.65. The molecular formula is C18H18ClNO3S. The number of halogens is 1. The Balaban J connectivity index is 1.90. The van der Waals surface area contributed by atoms with Crippen LogP contribution in [0.1, 0.15) is 25.3 Å². The van der Waals surface area contributed by atoms with Crippen molar-refractivity contribution in [1.82, 2.24) is 0 Å². The van der Waals surface area contributed by atoms with E-state index in [4.69, 9.17) is 11.6 Å². The van der Waals surface area contributed by atoms with E-state index in [0.717, 1.165) is 12.0 Å². The number of carbonyl (C=O) groups excluding carboxylic acids is 1. The maximum atomic E-state index is 12.9. The molecule has 0 heterocycles. The normalized spacial score (nSPS) is 15.8. The Morgan fingerprint density at radius 3 is 2.33 bits per heavy atom. The molecule has 0 saturated heterocycles. The molecule has 2 aromatic carbocycles. The SMILES string of the molecule is CCc1ccccc1NC(=O)C1(S(=O)(=O)c2ccc(Cl)cc2)CC1. The third-order valence-corrected chi connectivity index (χ3v) is 7.17. The number of aryl methyl sites for hydroxylation is 1. The van der Waals surface area contributed by atoms with Gasteiger partial charge in [0.2, 0.25) is 5.91 Å². The van der Waals surface area contributed by atoms with Gasteiger partial charge in [0.05, 0.1) is 4.90 Å². The first-order valence-electron chi connectivity index (χ1n) is 7.80. The van der Waals surface area contributed by atoms with Crippen molar-refractivity contribution in [2.24, 2.45) is 0 Å². The number of benzene rings is 2. The highest BCUT2D eigenvalue weighted by Gasteiger charge is 2.61. The van der Waals surface area contributed by atoms with Crippen LogP contribution in [0.3, 0.4) is 0 Å². The topological polar surface area (TPSA) is 63.2 Å². The van der Waals surface area contributed by atoms with Gasteiger partial charge < -0.3 is 5.32 Å². The van der Waals surface area contributed by atoms with Crippen LogP contribution in [0, 0.1) is 0 Å². The summed E-state index contributed by atoms with van der Waals surface area (Å²) in [5.74, 6) is -0.460. The minimum atomic E-state index is -3.75. The van der Waals surface area contributed by atoms with Crippen LogP contribution in [0.15, 0.2) is 53.4 Å². The fraction of sp³-hybridized carbons (Fsp3) is 0.278. The van der Waals surface area contributed by atoms with Crippen LogP contribution in [0.25, 0.3) is 0 Å². The second kappa shape index (κ2) is 6.22. The quantitative estimate of drug-likeness (QED) is 0.877. The average molecular weight is 364 g/mol. The Bertz CT molecular complexity index is 871. The number of hydrogen-bond acceptors (Lipinski definition) is 3. The summed E-state index contributed by atoms with van der Waals surface area (Å²) in [6.07, 6.45) is 1.42. The highest BCUT2D eigenvalue weighted by Crippen LogP contribution is 2.47. The van der Waals surface area contributed by atoms with E-state index < -0.39 is 20.5 Å². The van der Waals surface area contributed by atoms with E-state index in [9.17, 15) is 13.2 Å². The monoisotopic (exact) mass is 363 g/mol. The molecule has 0 spiro atoms. The summed E-state index contributed by atoms with van der Waals surface area (Å²) < 4.78 is 24.4. The molecule has 0 aromatic heterocycles. The first-order chi connectivity index (χ1) is 11.4. The Morgan fingerprint density at radius 1 is 1.12 bits per heavy atom. The number of anilines is 1. The summed E-state index contributed by atoms with van der Waals surface area (Å²) in [4.78, 5) is 12.9. The minimum Gasteiger partial charge on any atom is -0.324 e. The number of hydrogen-bond donors (Lipinski definition) is 1. The summed E-state index contributed by atoms with van der Waals surface area (Å²) in [5, 5.41) is 3.27. The number of carbonyl (C=O) groups is 1. The first kappa shape index (κ1) is 17.0. The Kier molecular flexibility index (Phi) is 4.40. The molecule has 0 bridgehead atoms. The van der Waals surface area contributed by atoms with Gasteiger partial charge in [0, 0.05) is 10.7 Å². The lowest BCUT2D eigenvalue weighted by molar-refractivity contribution is -0.116. The summed E-state index contributed by atoms with van der Waals surface area (Å²) in [7, 11) is -3.75. The third kappa shape index (κ3) is 2.82. The van der Waals surface area contributed by atoms with E-state index in [1.54, 1.807) is 6.07 Å². The zero-order valence-corrected chi connectivity index (χ0v) is 14.8. The van der Waals surface area contributed by atoms with Crippen molar-refractivity contribution in [2.75, 3.05) is 5.32 Å². The van der Waals surface area contributed by atoms with Crippen LogP contribution in [0.4, 0.5) is 5.69 Å². The van der Waals surface area contributed by atoms with Crippen LogP contribution in [0.5, 0.6) is 0 Å². The van der Waals surface area contributed by atoms with Gasteiger partial charge in [0.25, 0.3) is 0 Å².